The van der Waals surface area contributed by atoms with Gasteiger partial charge in [0.2, 0.25) is 5.91 Å². The van der Waals surface area contributed by atoms with Crippen molar-refractivity contribution in [3.05, 3.63) is 53.6 Å². The first kappa shape index (κ1) is 21.1. The summed E-state index contributed by atoms with van der Waals surface area (Å²) in [4.78, 5) is 15.9. The molecule has 28 heavy (non-hydrogen) atoms. The monoisotopic (exact) mass is 391 g/mol. The number of aromatic amines is 1. The summed E-state index contributed by atoms with van der Waals surface area (Å²) in [7, 11) is 1.47. The molecule has 150 valence electrons. The average molecular weight is 391 g/mol. The van der Waals surface area contributed by atoms with E-state index >= 15 is 0 Å². The number of pyridine rings is 1. The van der Waals surface area contributed by atoms with Crippen LogP contribution in [-0.4, -0.2) is 28.2 Å². The first-order valence-corrected chi connectivity index (χ1v) is 8.74. The fraction of sp³-hybridized carbons (Fsp3) is 0.316. The summed E-state index contributed by atoms with van der Waals surface area (Å²) >= 11 is 0. The number of carbonyl (C=O) groups is 1. The third-order valence-electron chi connectivity index (χ3n) is 3.90. The minimum atomic E-state index is -2.61. The molecule has 9 heteroatoms. The molecule has 0 aliphatic rings. The third kappa shape index (κ3) is 5.38. The van der Waals surface area contributed by atoms with Crippen LogP contribution in [0.5, 0.6) is 5.75 Å². The fourth-order valence-corrected chi connectivity index (χ4v) is 2.44. The number of ether oxygens (including phenoxy) is 1. The molecule has 4 N–H and O–H groups in total. The highest BCUT2D eigenvalue weighted by Crippen LogP contribution is 2.31. The fourth-order valence-electron chi connectivity index (χ4n) is 2.44. The van der Waals surface area contributed by atoms with Gasteiger partial charge in [-0.3, -0.25) is 14.9 Å². The van der Waals surface area contributed by atoms with Gasteiger partial charge >= 0.3 is 0 Å². The van der Waals surface area contributed by atoms with Gasteiger partial charge in [0.25, 0.3) is 6.43 Å². The number of nitrogens with one attached hydrogen (secondary N) is 2. The van der Waals surface area contributed by atoms with Gasteiger partial charge in [0.15, 0.2) is 11.6 Å². The normalized spacial score (nSPS) is 12.0. The Bertz CT molecular complexity index is 845. The van der Waals surface area contributed by atoms with Gasteiger partial charge in [0, 0.05) is 24.4 Å². The predicted molar refractivity (Wildman–Crippen MR) is 103 cm³/mol. The number of hydrogen-bond donors (Lipinski definition) is 3. The summed E-state index contributed by atoms with van der Waals surface area (Å²) in [5, 5.41) is 9.57. The standard InChI is InChI=1S/C19H23F2N5O2/c1-3-4-5-13(10-22)16-17(28-2)19(26-25-16)24-15(27)9-7-12-6-8-14(18(20)21)23-11-12/h4-6,8,10-11,18H,3,7,9,22H2,1-2H3,(H2,24,25,26,27)/b5-4-,13-10+. The first-order valence-electron chi connectivity index (χ1n) is 8.74. The number of allylic oxidation sites excluding steroid dienone is 3. The van der Waals surface area contributed by atoms with Gasteiger partial charge in [-0.25, -0.2) is 8.78 Å². The molecule has 0 saturated carbocycles. The van der Waals surface area contributed by atoms with E-state index in [-0.39, 0.29) is 23.8 Å². The van der Waals surface area contributed by atoms with Gasteiger partial charge in [0.1, 0.15) is 11.4 Å². The highest BCUT2D eigenvalue weighted by atomic mass is 19.3. The Kier molecular flexibility index (Phi) is 7.67. The van der Waals surface area contributed by atoms with Crippen LogP contribution in [0.2, 0.25) is 0 Å². The predicted octanol–water partition coefficient (Wildman–Crippen LogP) is 3.59. The van der Waals surface area contributed by atoms with Crippen molar-refractivity contribution in [2.45, 2.75) is 32.6 Å². The Morgan fingerprint density at radius 3 is 2.79 bits per heavy atom. The van der Waals surface area contributed by atoms with Crippen LogP contribution in [0, 0.1) is 0 Å². The molecule has 0 fully saturated rings. The van der Waals surface area contributed by atoms with E-state index in [4.69, 9.17) is 10.5 Å². The van der Waals surface area contributed by atoms with Gasteiger partial charge in [-0.1, -0.05) is 25.1 Å². The summed E-state index contributed by atoms with van der Waals surface area (Å²) in [5.41, 5.74) is 7.29. The lowest BCUT2D eigenvalue weighted by atomic mass is 10.1. The molecule has 2 aromatic heterocycles. The molecular formula is C19H23F2N5O2. The van der Waals surface area contributed by atoms with Crippen molar-refractivity contribution in [1.29, 1.82) is 0 Å². The number of nitrogens with two attached hydrogens (primary N) is 1. The molecule has 0 atom stereocenters. The molecule has 0 aliphatic carbocycles. The van der Waals surface area contributed by atoms with Gasteiger partial charge < -0.3 is 15.8 Å². The van der Waals surface area contributed by atoms with Crippen LogP contribution in [0.1, 0.15) is 43.1 Å². The van der Waals surface area contributed by atoms with Crippen LogP contribution in [0.25, 0.3) is 5.57 Å². The van der Waals surface area contributed by atoms with Crippen LogP contribution in [0.4, 0.5) is 14.6 Å². The van der Waals surface area contributed by atoms with Crippen molar-refractivity contribution in [1.82, 2.24) is 15.2 Å². The van der Waals surface area contributed by atoms with E-state index in [0.29, 0.717) is 29.0 Å². The molecule has 0 unspecified atom stereocenters. The second kappa shape index (κ2) is 10.2. The number of methoxy groups -OCH3 is 1. The molecule has 0 bridgehead atoms. The summed E-state index contributed by atoms with van der Waals surface area (Å²) in [6, 6.07) is 2.79. The van der Waals surface area contributed by atoms with Crippen LogP contribution in [0.15, 0.2) is 36.7 Å². The number of nitrogens with zero attached hydrogens (tertiary/aromatic N) is 2. The molecular weight excluding hydrogens is 368 g/mol. The van der Waals surface area contributed by atoms with E-state index < -0.39 is 6.43 Å². The average Bonchev–Trinajstić information content (AvgIpc) is 3.09. The van der Waals surface area contributed by atoms with Crippen LogP contribution >= 0.6 is 0 Å². The van der Waals surface area contributed by atoms with E-state index in [9.17, 15) is 13.6 Å². The molecule has 0 spiro atoms. The lowest BCUT2D eigenvalue weighted by Gasteiger charge is -2.07. The summed E-state index contributed by atoms with van der Waals surface area (Å²) in [5.74, 6) is 0.323. The second-order valence-corrected chi connectivity index (χ2v) is 5.85. The third-order valence-corrected chi connectivity index (χ3v) is 3.90. The Balaban J connectivity index is 2.02. The maximum absolute atomic E-state index is 12.5. The highest BCUT2D eigenvalue weighted by molar-refractivity contribution is 5.92. The van der Waals surface area contributed by atoms with Gasteiger partial charge in [-0.2, -0.15) is 5.10 Å². The topological polar surface area (TPSA) is 106 Å². The number of aromatic nitrogens is 3. The van der Waals surface area contributed by atoms with Gasteiger partial charge in [-0.15, -0.1) is 0 Å². The molecule has 2 heterocycles. The number of rotatable bonds is 9. The van der Waals surface area contributed by atoms with Gasteiger partial charge in [-0.05, 0) is 24.5 Å². The van der Waals surface area contributed by atoms with Crippen molar-refractivity contribution in [3.63, 3.8) is 0 Å². The lowest BCUT2D eigenvalue weighted by molar-refractivity contribution is -0.116. The molecule has 2 aromatic rings. The molecule has 0 aliphatic heterocycles. The number of alkyl halides is 2. The minimum Gasteiger partial charge on any atom is -0.491 e. The molecule has 0 radical (unpaired) electrons. The second-order valence-electron chi connectivity index (χ2n) is 5.85. The Morgan fingerprint density at radius 2 is 2.21 bits per heavy atom. The molecule has 7 nitrogen and oxygen atoms in total. The minimum absolute atomic E-state index is 0.135. The zero-order valence-electron chi connectivity index (χ0n) is 15.7. The number of carbonyl (C=O) groups excluding carboxylic acids is 1. The number of H-pyrrole nitrogens is 1. The van der Waals surface area contributed by atoms with E-state index in [1.165, 1.54) is 31.6 Å². The zero-order valence-corrected chi connectivity index (χ0v) is 15.7. The molecule has 2 rings (SSSR count). The highest BCUT2D eigenvalue weighted by Gasteiger charge is 2.18. The maximum atomic E-state index is 12.5. The quantitative estimate of drug-likeness (QED) is 0.567. The SMILES string of the molecule is CC/C=C\C(=C/N)c1[nH]nc(NC(=O)CCc2ccc(C(F)F)nc2)c1OC. The van der Waals surface area contributed by atoms with Crippen LogP contribution < -0.4 is 15.8 Å². The van der Waals surface area contributed by atoms with Crippen molar-refractivity contribution >= 4 is 17.3 Å². The zero-order chi connectivity index (χ0) is 20.5. The number of aryl methyl sites for hydroxylation is 1. The summed E-state index contributed by atoms with van der Waals surface area (Å²) in [6.07, 6.45) is 5.25. The molecule has 1 amide bonds. The summed E-state index contributed by atoms with van der Waals surface area (Å²) < 4.78 is 30.4. The lowest BCUT2D eigenvalue weighted by Crippen LogP contribution is -2.13. The van der Waals surface area contributed by atoms with Crippen molar-refractivity contribution in [2.75, 3.05) is 12.4 Å². The van der Waals surface area contributed by atoms with Crippen LogP contribution in [-0.2, 0) is 11.2 Å². The number of halogens is 2. The van der Waals surface area contributed by atoms with E-state index in [0.717, 1.165) is 6.42 Å². The van der Waals surface area contributed by atoms with Crippen molar-refractivity contribution < 1.29 is 18.3 Å². The largest absolute Gasteiger partial charge is 0.491 e. The first-order chi connectivity index (χ1) is 13.5. The summed E-state index contributed by atoms with van der Waals surface area (Å²) in [6.45, 7) is 2.00. The van der Waals surface area contributed by atoms with E-state index in [1.807, 2.05) is 19.1 Å². The molecule has 0 aromatic carbocycles. The van der Waals surface area contributed by atoms with Crippen LogP contribution in [0.3, 0.4) is 0 Å². The maximum Gasteiger partial charge on any atom is 0.280 e. The number of anilines is 1. The Labute approximate surface area is 161 Å². The van der Waals surface area contributed by atoms with Crippen molar-refractivity contribution in [2.24, 2.45) is 5.73 Å². The molecule has 0 saturated heterocycles. The van der Waals surface area contributed by atoms with Crippen molar-refractivity contribution in [3.8, 4) is 5.75 Å². The number of hydrogen-bond acceptors (Lipinski definition) is 5. The smallest absolute Gasteiger partial charge is 0.280 e. The van der Waals surface area contributed by atoms with E-state index in [2.05, 4.69) is 20.5 Å². The van der Waals surface area contributed by atoms with Gasteiger partial charge in [0.05, 0.1) is 7.11 Å². The van der Waals surface area contributed by atoms with E-state index in [1.54, 1.807) is 0 Å². The Hall–Kier alpha value is -3.23. The number of amides is 1. The Morgan fingerprint density at radius 1 is 1.43 bits per heavy atom.